The van der Waals surface area contributed by atoms with Gasteiger partial charge in [-0.1, -0.05) is 64.6 Å². The highest BCUT2D eigenvalue weighted by Crippen LogP contribution is 2.41. The van der Waals surface area contributed by atoms with Crippen LogP contribution in [-0.2, 0) is 0 Å². The van der Waals surface area contributed by atoms with Gasteiger partial charge in [-0.3, -0.25) is 4.98 Å². The van der Waals surface area contributed by atoms with Crippen LogP contribution in [0.1, 0.15) is 31.5 Å². The topological polar surface area (TPSA) is 12.9 Å². The van der Waals surface area contributed by atoms with Gasteiger partial charge in [0, 0.05) is 20.5 Å². The number of hydrogen-bond donors (Lipinski definition) is 0. The molecule has 0 saturated heterocycles. The average molecular weight is 280 g/mol. The Hall–Kier alpha value is -0.416. The molecule has 0 aliphatic carbocycles. The minimum atomic E-state index is -1.20. The molecule has 0 aromatic carbocycles. The second-order valence-electron chi connectivity index (χ2n) is 6.51. The molecule has 0 unspecified atom stereocenters. The van der Waals surface area contributed by atoms with Crippen LogP contribution in [0.25, 0.3) is 0 Å². The van der Waals surface area contributed by atoms with E-state index in [0.29, 0.717) is 0 Å². The molecule has 1 nitrogen and oxygen atoms in total. The lowest BCUT2D eigenvalue weighted by atomic mass is 10.3. The highest BCUT2D eigenvalue weighted by molar-refractivity contribution is 6.97. The van der Waals surface area contributed by atoms with E-state index in [1.165, 1.54) is 23.7 Å². The molecule has 18 heavy (non-hydrogen) atoms. The Bertz CT molecular complexity index is 344. The Kier molecular flexibility index (Phi) is 5.35. The number of hydrogen-bond acceptors (Lipinski definition) is 1. The van der Waals surface area contributed by atoms with Gasteiger partial charge in [0.25, 0.3) is 0 Å². The third-order valence-corrected chi connectivity index (χ3v) is 16.9. The Labute approximate surface area is 115 Å². The molecule has 0 amide bonds. The van der Waals surface area contributed by atoms with Gasteiger partial charge in [0.15, 0.2) is 0 Å². The number of pyridine rings is 1. The zero-order chi connectivity index (χ0) is 13.8. The molecule has 0 aliphatic heterocycles. The maximum Gasteiger partial charge on any atom is 0.0577 e. The molecule has 1 aromatic rings. The molecule has 102 valence electrons. The summed E-state index contributed by atoms with van der Waals surface area (Å²) in [6, 6.07) is 8.65. The van der Waals surface area contributed by atoms with E-state index in [2.05, 4.69) is 63.7 Å². The molecule has 0 N–H and O–H groups in total. The van der Waals surface area contributed by atoms with Crippen LogP contribution in [0.3, 0.4) is 0 Å². The summed E-state index contributed by atoms with van der Waals surface area (Å²) in [4.78, 5) is 4.38. The molecular weight excluding hydrogens is 250 g/mol. The van der Waals surface area contributed by atoms with E-state index in [1.807, 2.05) is 6.20 Å². The van der Waals surface area contributed by atoms with E-state index in [4.69, 9.17) is 0 Å². The molecule has 1 heterocycles. The van der Waals surface area contributed by atoms with Crippen molar-refractivity contribution in [3.05, 3.63) is 30.1 Å². The third-order valence-electron chi connectivity index (χ3n) is 4.61. The summed E-state index contributed by atoms with van der Waals surface area (Å²) in [6.45, 7) is 14.9. The van der Waals surface area contributed by atoms with E-state index >= 15 is 0 Å². The van der Waals surface area contributed by atoms with Crippen LogP contribution in [-0.4, -0.2) is 21.1 Å². The molecule has 0 saturated carbocycles. The summed E-state index contributed by atoms with van der Waals surface area (Å²) < 4.78 is 0. The highest BCUT2D eigenvalue weighted by Gasteiger charge is 2.44. The third kappa shape index (κ3) is 3.12. The van der Waals surface area contributed by atoms with Gasteiger partial charge in [0.2, 0.25) is 0 Å². The van der Waals surface area contributed by atoms with Crippen molar-refractivity contribution in [1.29, 1.82) is 0 Å². The maximum absolute atomic E-state index is 4.38. The van der Waals surface area contributed by atoms with E-state index < -0.39 is 16.1 Å². The van der Waals surface area contributed by atoms with Crippen LogP contribution in [0.4, 0.5) is 0 Å². The summed E-state index contributed by atoms with van der Waals surface area (Å²) in [5.41, 5.74) is 1.52. The normalized spacial score (nSPS) is 14.6. The van der Waals surface area contributed by atoms with E-state index in [1.54, 1.807) is 0 Å². The van der Waals surface area contributed by atoms with E-state index in [9.17, 15) is 0 Å². The molecule has 3 heteroatoms. The van der Waals surface area contributed by atoms with Gasteiger partial charge in [-0.15, -0.1) is 0 Å². The fourth-order valence-electron chi connectivity index (χ4n) is 3.68. The summed E-state index contributed by atoms with van der Waals surface area (Å²) >= 11 is 0. The zero-order valence-electron chi connectivity index (χ0n) is 13.0. The molecule has 0 aliphatic rings. The summed E-state index contributed by atoms with van der Waals surface area (Å²) in [5, 5.41) is 0.846. The summed E-state index contributed by atoms with van der Waals surface area (Å²) in [6.07, 6.45) is 4.03. The van der Waals surface area contributed by atoms with Crippen molar-refractivity contribution in [2.75, 3.05) is 0 Å². The van der Waals surface area contributed by atoms with Gasteiger partial charge in [-0.2, -0.15) is 0 Å². The summed E-state index contributed by atoms with van der Waals surface area (Å²) in [7, 11) is -2.41. The SMILES string of the molecule is CC[Si](CC)(CC)[C@@H](c1cccnc1)[Si](C)(C)C. The lowest BCUT2D eigenvalue weighted by Gasteiger charge is -2.44. The van der Waals surface area contributed by atoms with E-state index in [0.717, 1.165) is 5.16 Å². The Balaban J connectivity index is 3.30. The Morgan fingerprint density at radius 2 is 1.61 bits per heavy atom. The first-order valence-corrected chi connectivity index (χ1v) is 13.6. The van der Waals surface area contributed by atoms with Crippen LogP contribution < -0.4 is 0 Å². The standard InChI is InChI=1S/C15H29NSi2/c1-7-18(8-2,9-3)15(17(4,5)6)14-11-10-12-16-13-14/h10-13,15H,7-9H2,1-6H3/t15-/m0/s1. The van der Waals surface area contributed by atoms with Crippen LogP contribution >= 0.6 is 0 Å². The predicted molar refractivity (Wildman–Crippen MR) is 87.5 cm³/mol. The zero-order valence-corrected chi connectivity index (χ0v) is 15.0. The largest absolute Gasteiger partial charge is 0.264 e. The Morgan fingerprint density at radius 1 is 1.06 bits per heavy atom. The minimum Gasteiger partial charge on any atom is -0.264 e. The quantitative estimate of drug-likeness (QED) is 0.661. The first-order chi connectivity index (χ1) is 8.41. The molecule has 1 atom stereocenters. The summed E-state index contributed by atoms with van der Waals surface area (Å²) in [5.74, 6) is 0. The van der Waals surface area contributed by atoms with Gasteiger partial charge >= 0.3 is 0 Å². The van der Waals surface area contributed by atoms with Crippen LogP contribution in [0.15, 0.2) is 24.5 Å². The fraction of sp³-hybridized carbons (Fsp3) is 0.667. The van der Waals surface area contributed by atoms with Gasteiger partial charge in [-0.05, 0) is 16.8 Å². The van der Waals surface area contributed by atoms with Gasteiger partial charge in [0.05, 0.1) is 8.07 Å². The van der Waals surface area contributed by atoms with Gasteiger partial charge in [-0.25, -0.2) is 0 Å². The van der Waals surface area contributed by atoms with Crippen molar-refractivity contribution in [3.8, 4) is 0 Å². The molecule has 0 radical (unpaired) electrons. The highest BCUT2D eigenvalue weighted by atomic mass is 28.4. The monoisotopic (exact) mass is 279 g/mol. The van der Waals surface area contributed by atoms with Crippen molar-refractivity contribution < 1.29 is 0 Å². The van der Waals surface area contributed by atoms with Gasteiger partial charge < -0.3 is 0 Å². The van der Waals surface area contributed by atoms with Crippen LogP contribution in [0, 0.1) is 0 Å². The van der Waals surface area contributed by atoms with Crippen LogP contribution in [0.5, 0.6) is 0 Å². The molecule has 0 bridgehead atoms. The number of aromatic nitrogens is 1. The molecule has 1 rings (SSSR count). The van der Waals surface area contributed by atoms with Crippen molar-refractivity contribution in [2.24, 2.45) is 0 Å². The van der Waals surface area contributed by atoms with Crippen LogP contribution in [0.2, 0.25) is 37.8 Å². The molecule has 0 fully saturated rings. The predicted octanol–water partition coefficient (Wildman–Crippen LogP) is 5.09. The fourth-order valence-corrected chi connectivity index (χ4v) is 17.6. The van der Waals surface area contributed by atoms with Gasteiger partial charge in [0.1, 0.15) is 0 Å². The maximum atomic E-state index is 4.38. The number of rotatable bonds is 6. The van der Waals surface area contributed by atoms with Crippen molar-refractivity contribution >= 4 is 16.1 Å². The van der Waals surface area contributed by atoms with Crippen molar-refractivity contribution in [2.45, 2.75) is 63.7 Å². The lowest BCUT2D eigenvalue weighted by Crippen LogP contribution is -2.51. The second kappa shape index (κ2) is 6.15. The minimum absolute atomic E-state index is 0.846. The Morgan fingerprint density at radius 3 is 1.94 bits per heavy atom. The number of nitrogens with zero attached hydrogens (tertiary/aromatic N) is 1. The first kappa shape index (κ1) is 15.6. The van der Waals surface area contributed by atoms with Crippen molar-refractivity contribution in [1.82, 2.24) is 4.98 Å². The van der Waals surface area contributed by atoms with E-state index in [-0.39, 0.29) is 0 Å². The molecule has 0 spiro atoms. The average Bonchev–Trinajstić information content (AvgIpc) is 2.35. The molecule has 1 aromatic heterocycles. The van der Waals surface area contributed by atoms with Crippen molar-refractivity contribution in [3.63, 3.8) is 0 Å². The molecular formula is C15H29NSi2. The first-order valence-electron chi connectivity index (χ1n) is 7.31. The smallest absolute Gasteiger partial charge is 0.0577 e. The lowest BCUT2D eigenvalue weighted by molar-refractivity contribution is 1.03. The second-order valence-corrected chi connectivity index (χ2v) is 17.8.